The average Bonchev–Trinajstić information content (AvgIpc) is 2.85. The van der Waals surface area contributed by atoms with Gasteiger partial charge in [-0.05, 0) is 79.2 Å². The highest BCUT2D eigenvalue weighted by molar-refractivity contribution is 6.30. The van der Waals surface area contributed by atoms with Crippen LogP contribution in [0.5, 0.6) is 11.5 Å². The molecule has 3 aromatic carbocycles. The summed E-state index contributed by atoms with van der Waals surface area (Å²) in [6.45, 7) is 1.86. The van der Waals surface area contributed by atoms with Crippen LogP contribution in [0.4, 0.5) is 15.8 Å². The standard InChI is InChI=1S/C26H21ClFN3O4/c1-2-34-24-14-17(13-18(15-29)26(33)31-22-10-6-20(28)7-11-22)3-12-23(24)35-16-25(32)30-21-8-4-19(27)5-9-21/h3-14H,2,16H2,1H3,(H,30,32)(H,31,33)/b18-13+. The summed E-state index contributed by atoms with van der Waals surface area (Å²) in [4.78, 5) is 24.7. The van der Waals surface area contributed by atoms with Gasteiger partial charge in [-0.2, -0.15) is 5.26 Å². The number of carbonyl (C=O) groups is 2. The first kappa shape index (κ1) is 25.3. The number of carbonyl (C=O) groups excluding carboxylic acids is 2. The van der Waals surface area contributed by atoms with Crippen molar-refractivity contribution in [1.82, 2.24) is 0 Å². The molecule has 3 aromatic rings. The van der Waals surface area contributed by atoms with Crippen LogP contribution in [-0.4, -0.2) is 25.0 Å². The van der Waals surface area contributed by atoms with Gasteiger partial charge >= 0.3 is 0 Å². The lowest BCUT2D eigenvalue weighted by atomic mass is 10.1. The molecule has 0 heterocycles. The van der Waals surface area contributed by atoms with Crippen molar-refractivity contribution >= 4 is 40.9 Å². The number of nitriles is 1. The third-order valence-electron chi connectivity index (χ3n) is 4.53. The summed E-state index contributed by atoms with van der Waals surface area (Å²) in [7, 11) is 0. The maximum atomic E-state index is 13.1. The van der Waals surface area contributed by atoms with Crippen LogP contribution in [0, 0.1) is 17.1 Å². The van der Waals surface area contributed by atoms with Gasteiger partial charge in [0.15, 0.2) is 18.1 Å². The van der Waals surface area contributed by atoms with E-state index >= 15 is 0 Å². The first-order chi connectivity index (χ1) is 16.9. The van der Waals surface area contributed by atoms with E-state index in [0.717, 1.165) is 0 Å². The van der Waals surface area contributed by atoms with Gasteiger partial charge in [0.1, 0.15) is 17.5 Å². The van der Waals surface area contributed by atoms with Crippen LogP contribution in [0.1, 0.15) is 12.5 Å². The molecule has 0 saturated heterocycles. The van der Waals surface area contributed by atoms with Crippen molar-refractivity contribution in [2.75, 3.05) is 23.8 Å². The van der Waals surface area contributed by atoms with Gasteiger partial charge in [-0.15, -0.1) is 0 Å². The number of hydrogen-bond acceptors (Lipinski definition) is 5. The van der Waals surface area contributed by atoms with Crippen LogP contribution in [-0.2, 0) is 9.59 Å². The number of hydrogen-bond donors (Lipinski definition) is 2. The Kier molecular flexibility index (Phi) is 8.82. The Morgan fingerprint density at radius 3 is 2.29 bits per heavy atom. The lowest BCUT2D eigenvalue weighted by Crippen LogP contribution is -2.20. The van der Waals surface area contributed by atoms with Crippen molar-refractivity contribution in [1.29, 1.82) is 5.26 Å². The predicted molar refractivity (Wildman–Crippen MR) is 132 cm³/mol. The Morgan fingerprint density at radius 1 is 0.971 bits per heavy atom. The molecular weight excluding hydrogens is 473 g/mol. The number of nitrogens with one attached hydrogen (secondary N) is 2. The zero-order valence-electron chi connectivity index (χ0n) is 18.7. The number of ether oxygens (including phenoxy) is 2. The molecule has 0 fully saturated rings. The van der Waals surface area contributed by atoms with E-state index in [0.29, 0.717) is 40.1 Å². The molecule has 0 spiro atoms. The molecular formula is C26H21ClFN3O4. The van der Waals surface area contributed by atoms with E-state index in [2.05, 4.69) is 10.6 Å². The minimum Gasteiger partial charge on any atom is -0.490 e. The van der Waals surface area contributed by atoms with E-state index in [1.807, 2.05) is 6.07 Å². The van der Waals surface area contributed by atoms with Crippen LogP contribution >= 0.6 is 11.6 Å². The number of nitrogens with zero attached hydrogens (tertiary/aromatic N) is 1. The summed E-state index contributed by atoms with van der Waals surface area (Å²) < 4.78 is 24.3. The summed E-state index contributed by atoms with van der Waals surface area (Å²) in [5.74, 6) is -0.784. The molecule has 0 aromatic heterocycles. The van der Waals surface area contributed by atoms with Crippen molar-refractivity contribution in [2.45, 2.75) is 6.92 Å². The Hall–Kier alpha value is -4.35. The monoisotopic (exact) mass is 493 g/mol. The van der Waals surface area contributed by atoms with E-state index in [9.17, 15) is 19.2 Å². The Bertz CT molecular complexity index is 1270. The van der Waals surface area contributed by atoms with Gasteiger partial charge in [-0.25, -0.2) is 4.39 Å². The first-order valence-electron chi connectivity index (χ1n) is 10.5. The molecule has 0 aliphatic carbocycles. The highest BCUT2D eigenvalue weighted by atomic mass is 35.5. The number of halogens is 2. The van der Waals surface area contributed by atoms with Crippen LogP contribution in [0.2, 0.25) is 5.02 Å². The molecule has 0 aliphatic heterocycles. The molecule has 178 valence electrons. The summed E-state index contributed by atoms with van der Waals surface area (Å²) in [6.07, 6.45) is 1.39. The zero-order valence-corrected chi connectivity index (χ0v) is 19.4. The van der Waals surface area contributed by atoms with Crippen molar-refractivity contribution in [2.24, 2.45) is 0 Å². The van der Waals surface area contributed by atoms with Crippen LogP contribution < -0.4 is 20.1 Å². The molecule has 0 aliphatic rings. The van der Waals surface area contributed by atoms with Crippen LogP contribution in [0.3, 0.4) is 0 Å². The third-order valence-corrected chi connectivity index (χ3v) is 4.78. The number of anilines is 2. The molecule has 0 unspecified atom stereocenters. The fourth-order valence-electron chi connectivity index (χ4n) is 2.92. The predicted octanol–water partition coefficient (Wildman–Crippen LogP) is 5.44. The summed E-state index contributed by atoms with van der Waals surface area (Å²) in [5, 5.41) is 15.2. The minimum absolute atomic E-state index is 0.159. The van der Waals surface area contributed by atoms with Gasteiger partial charge in [0.05, 0.1) is 6.61 Å². The van der Waals surface area contributed by atoms with Gasteiger partial charge in [0.2, 0.25) is 0 Å². The highest BCUT2D eigenvalue weighted by Gasteiger charge is 2.13. The zero-order chi connectivity index (χ0) is 25.2. The average molecular weight is 494 g/mol. The quantitative estimate of drug-likeness (QED) is 0.305. The molecule has 2 N–H and O–H groups in total. The maximum Gasteiger partial charge on any atom is 0.266 e. The Morgan fingerprint density at radius 2 is 1.63 bits per heavy atom. The fourth-order valence-corrected chi connectivity index (χ4v) is 3.05. The molecule has 0 atom stereocenters. The molecule has 2 amide bonds. The van der Waals surface area contributed by atoms with Gasteiger partial charge in [0.25, 0.3) is 11.8 Å². The second kappa shape index (κ2) is 12.2. The van der Waals surface area contributed by atoms with E-state index in [1.165, 1.54) is 30.3 Å². The third kappa shape index (κ3) is 7.59. The van der Waals surface area contributed by atoms with Crippen molar-refractivity contribution < 1.29 is 23.5 Å². The number of rotatable bonds is 9. The molecule has 0 bridgehead atoms. The van der Waals surface area contributed by atoms with Crippen molar-refractivity contribution in [3.05, 3.63) is 88.7 Å². The normalized spacial score (nSPS) is 10.7. The first-order valence-corrected chi connectivity index (χ1v) is 10.9. The van der Waals surface area contributed by atoms with Crippen molar-refractivity contribution in [3.8, 4) is 17.6 Å². The van der Waals surface area contributed by atoms with Gasteiger partial charge < -0.3 is 20.1 Å². The lowest BCUT2D eigenvalue weighted by molar-refractivity contribution is -0.118. The second-order valence-electron chi connectivity index (χ2n) is 7.11. The lowest BCUT2D eigenvalue weighted by Gasteiger charge is -2.13. The van der Waals surface area contributed by atoms with Crippen LogP contribution in [0.25, 0.3) is 6.08 Å². The van der Waals surface area contributed by atoms with Gasteiger partial charge in [0, 0.05) is 16.4 Å². The van der Waals surface area contributed by atoms with E-state index in [4.69, 9.17) is 21.1 Å². The second-order valence-corrected chi connectivity index (χ2v) is 7.55. The maximum absolute atomic E-state index is 13.1. The van der Waals surface area contributed by atoms with E-state index in [1.54, 1.807) is 49.4 Å². The van der Waals surface area contributed by atoms with Crippen molar-refractivity contribution in [3.63, 3.8) is 0 Å². The summed E-state index contributed by atoms with van der Waals surface area (Å²) >= 11 is 5.84. The topological polar surface area (TPSA) is 100 Å². The summed E-state index contributed by atoms with van der Waals surface area (Å²) in [5.41, 5.74) is 1.29. The number of benzene rings is 3. The molecule has 0 radical (unpaired) electrons. The SMILES string of the molecule is CCOc1cc(/C=C(\C#N)C(=O)Nc2ccc(F)cc2)ccc1OCC(=O)Nc1ccc(Cl)cc1. The van der Waals surface area contributed by atoms with E-state index < -0.39 is 11.7 Å². The minimum atomic E-state index is -0.642. The molecule has 9 heteroatoms. The highest BCUT2D eigenvalue weighted by Crippen LogP contribution is 2.29. The summed E-state index contributed by atoms with van der Waals surface area (Å²) in [6, 6.07) is 18.5. The van der Waals surface area contributed by atoms with Gasteiger partial charge in [-0.3, -0.25) is 9.59 Å². The molecule has 0 saturated carbocycles. The molecule has 7 nitrogen and oxygen atoms in total. The number of amides is 2. The Balaban J connectivity index is 1.69. The smallest absolute Gasteiger partial charge is 0.266 e. The van der Waals surface area contributed by atoms with Gasteiger partial charge in [-0.1, -0.05) is 17.7 Å². The largest absolute Gasteiger partial charge is 0.490 e. The van der Waals surface area contributed by atoms with Crippen LogP contribution in [0.15, 0.2) is 72.3 Å². The Labute approximate surface area is 206 Å². The molecule has 35 heavy (non-hydrogen) atoms. The molecule has 3 rings (SSSR count). The van der Waals surface area contributed by atoms with E-state index in [-0.39, 0.29) is 18.1 Å². The fraction of sp³-hybridized carbons (Fsp3) is 0.115.